The van der Waals surface area contributed by atoms with Crippen molar-refractivity contribution in [2.75, 3.05) is 31.1 Å². The van der Waals surface area contributed by atoms with Crippen molar-refractivity contribution in [1.82, 2.24) is 15.5 Å². The molecule has 0 aromatic carbocycles. The SMILES string of the molecule is O=C(NCc1ccsc1)C(=O)NCC1CCN(C2CCSC2)CC1. The molecule has 5 nitrogen and oxygen atoms in total. The fourth-order valence-electron chi connectivity index (χ4n) is 3.31. The van der Waals surface area contributed by atoms with Gasteiger partial charge in [-0.2, -0.15) is 23.1 Å². The molecule has 3 heterocycles. The molecule has 1 aromatic heterocycles. The Balaban J connectivity index is 1.32. The molecule has 1 atom stereocenters. The largest absolute Gasteiger partial charge is 0.348 e. The smallest absolute Gasteiger partial charge is 0.309 e. The highest BCUT2D eigenvalue weighted by Gasteiger charge is 2.27. The molecule has 0 radical (unpaired) electrons. The third kappa shape index (κ3) is 4.97. The number of piperidine rings is 1. The summed E-state index contributed by atoms with van der Waals surface area (Å²) in [6, 6.07) is 2.70. The van der Waals surface area contributed by atoms with Crippen LogP contribution >= 0.6 is 23.1 Å². The lowest BCUT2D eigenvalue weighted by atomic mass is 9.95. The summed E-state index contributed by atoms with van der Waals surface area (Å²) in [7, 11) is 0. The van der Waals surface area contributed by atoms with Crippen LogP contribution in [0.1, 0.15) is 24.8 Å². The second-order valence-electron chi connectivity index (χ2n) is 6.52. The summed E-state index contributed by atoms with van der Waals surface area (Å²) < 4.78 is 0. The maximum absolute atomic E-state index is 11.9. The maximum Gasteiger partial charge on any atom is 0.309 e. The van der Waals surface area contributed by atoms with Crippen LogP contribution in [0.15, 0.2) is 16.8 Å². The molecular weight excluding hydrogens is 342 g/mol. The molecule has 24 heavy (non-hydrogen) atoms. The molecule has 3 rings (SSSR count). The van der Waals surface area contributed by atoms with Crippen molar-refractivity contribution in [2.45, 2.75) is 31.8 Å². The van der Waals surface area contributed by atoms with Crippen molar-refractivity contribution in [2.24, 2.45) is 5.92 Å². The number of amides is 2. The molecule has 1 aromatic rings. The highest BCUT2D eigenvalue weighted by molar-refractivity contribution is 7.99. The van der Waals surface area contributed by atoms with Gasteiger partial charge in [-0.1, -0.05) is 0 Å². The first kappa shape index (κ1) is 17.8. The van der Waals surface area contributed by atoms with E-state index in [-0.39, 0.29) is 0 Å². The molecule has 2 aliphatic heterocycles. The van der Waals surface area contributed by atoms with Crippen LogP contribution in [0.25, 0.3) is 0 Å². The summed E-state index contributed by atoms with van der Waals surface area (Å²) in [5.41, 5.74) is 1.03. The zero-order chi connectivity index (χ0) is 16.8. The first-order valence-electron chi connectivity index (χ1n) is 8.61. The van der Waals surface area contributed by atoms with Crippen LogP contribution in [0.2, 0.25) is 0 Å². The van der Waals surface area contributed by atoms with Gasteiger partial charge in [0.15, 0.2) is 0 Å². The lowest BCUT2D eigenvalue weighted by molar-refractivity contribution is -0.139. The van der Waals surface area contributed by atoms with E-state index < -0.39 is 11.8 Å². The average molecular weight is 368 g/mol. The van der Waals surface area contributed by atoms with Crippen LogP contribution in [0.5, 0.6) is 0 Å². The zero-order valence-corrected chi connectivity index (χ0v) is 15.5. The van der Waals surface area contributed by atoms with Gasteiger partial charge < -0.3 is 10.6 Å². The van der Waals surface area contributed by atoms with E-state index in [2.05, 4.69) is 27.3 Å². The lowest BCUT2D eigenvalue weighted by Gasteiger charge is -2.35. The molecule has 2 saturated heterocycles. The topological polar surface area (TPSA) is 61.4 Å². The fourth-order valence-corrected chi connectivity index (χ4v) is 5.23. The van der Waals surface area contributed by atoms with Gasteiger partial charge in [-0.15, -0.1) is 0 Å². The monoisotopic (exact) mass is 367 g/mol. The van der Waals surface area contributed by atoms with Crippen LogP contribution < -0.4 is 10.6 Å². The van der Waals surface area contributed by atoms with E-state index in [1.54, 1.807) is 11.3 Å². The molecule has 132 valence electrons. The number of rotatable bonds is 5. The summed E-state index contributed by atoms with van der Waals surface area (Å²) >= 11 is 3.64. The van der Waals surface area contributed by atoms with Gasteiger partial charge in [0.2, 0.25) is 0 Å². The number of hydrogen-bond donors (Lipinski definition) is 2. The van der Waals surface area contributed by atoms with Gasteiger partial charge in [0, 0.05) is 24.9 Å². The van der Waals surface area contributed by atoms with Crippen LogP contribution in [-0.2, 0) is 16.1 Å². The first-order chi connectivity index (χ1) is 11.7. The summed E-state index contributed by atoms with van der Waals surface area (Å²) in [6.07, 6.45) is 3.53. The Kier molecular flexibility index (Phi) is 6.57. The quantitative estimate of drug-likeness (QED) is 0.778. The van der Waals surface area contributed by atoms with Gasteiger partial charge >= 0.3 is 11.8 Å². The van der Waals surface area contributed by atoms with E-state index >= 15 is 0 Å². The van der Waals surface area contributed by atoms with Gasteiger partial charge in [0.25, 0.3) is 0 Å². The molecule has 2 fully saturated rings. The van der Waals surface area contributed by atoms with Crippen molar-refractivity contribution >= 4 is 34.9 Å². The second kappa shape index (κ2) is 8.87. The van der Waals surface area contributed by atoms with Crippen molar-refractivity contribution < 1.29 is 9.59 Å². The first-order valence-corrected chi connectivity index (χ1v) is 10.7. The molecule has 7 heteroatoms. The Morgan fingerprint density at radius 3 is 2.62 bits per heavy atom. The van der Waals surface area contributed by atoms with Gasteiger partial charge in [0.05, 0.1) is 0 Å². The number of carbonyl (C=O) groups is 2. The summed E-state index contributed by atoms with van der Waals surface area (Å²) in [6.45, 7) is 3.26. The third-order valence-corrected chi connectivity index (χ3v) is 6.74. The number of likely N-dealkylation sites (tertiary alicyclic amines) is 1. The molecule has 0 spiro atoms. The normalized spacial score (nSPS) is 22.4. The van der Waals surface area contributed by atoms with E-state index in [9.17, 15) is 9.59 Å². The Bertz CT molecular complexity index is 536. The lowest BCUT2D eigenvalue weighted by Crippen LogP contribution is -2.45. The van der Waals surface area contributed by atoms with Gasteiger partial charge in [0.1, 0.15) is 0 Å². The number of nitrogens with one attached hydrogen (secondary N) is 2. The van der Waals surface area contributed by atoms with Crippen LogP contribution in [0, 0.1) is 5.92 Å². The molecular formula is C17H25N3O2S2. The highest BCUT2D eigenvalue weighted by atomic mass is 32.2. The summed E-state index contributed by atoms with van der Waals surface area (Å²) in [5.74, 6) is 2.00. The number of nitrogens with zero attached hydrogens (tertiary/aromatic N) is 1. The van der Waals surface area contributed by atoms with Crippen molar-refractivity contribution in [3.8, 4) is 0 Å². The van der Waals surface area contributed by atoms with Crippen molar-refractivity contribution in [3.63, 3.8) is 0 Å². The Morgan fingerprint density at radius 1 is 1.17 bits per heavy atom. The standard InChI is InChI=1S/C17H25N3O2S2/c21-16(17(22)19-10-14-3-7-23-11-14)18-9-13-1-5-20(6-2-13)15-4-8-24-12-15/h3,7,11,13,15H,1-2,4-6,8-10,12H2,(H,18,21)(H,19,22). The number of hydrogen-bond acceptors (Lipinski definition) is 5. The van der Waals surface area contributed by atoms with Crippen LogP contribution in [0.4, 0.5) is 0 Å². The minimum atomic E-state index is -0.540. The average Bonchev–Trinajstić information content (AvgIpc) is 3.31. The van der Waals surface area contributed by atoms with E-state index in [1.807, 2.05) is 16.8 Å². The van der Waals surface area contributed by atoms with Gasteiger partial charge in [-0.3, -0.25) is 14.5 Å². The Hall–Kier alpha value is -1.05. The van der Waals surface area contributed by atoms with Crippen LogP contribution in [-0.4, -0.2) is 53.9 Å². The van der Waals surface area contributed by atoms with E-state index in [0.717, 1.165) is 37.5 Å². The van der Waals surface area contributed by atoms with E-state index in [4.69, 9.17) is 0 Å². The minimum Gasteiger partial charge on any atom is -0.348 e. The van der Waals surface area contributed by atoms with E-state index in [0.29, 0.717) is 19.0 Å². The van der Waals surface area contributed by atoms with Crippen LogP contribution in [0.3, 0.4) is 0 Å². The van der Waals surface area contributed by atoms with E-state index in [1.165, 1.54) is 17.9 Å². The molecule has 0 aliphatic carbocycles. The number of thioether (sulfide) groups is 1. The predicted octanol–water partition coefficient (Wildman–Crippen LogP) is 1.70. The minimum absolute atomic E-state index is 0.410. The predicted molar refractivity (Wildman–Crippen MR) is 99.2 cm³/mol. The fraction of sp³-hybridized carbons (Fsp3) is 0.647. The van der Waals surface area contributed by atoms with Gasteiger partial charge in [-0.05, 0) is 66.4 Å². The maximum atomic E-state index is 11.9. The summed E-state index contributed by atoms with van der Waals surface area (Å²) in [4.78, 5) is 26.3. The van der Waals surface area contributed by atoms with Crippen molar-refractivity contribution in [1.29, 1.82) is 0 Å². The third-order valence-electron chi connectivity index (χ3n) is 4.86. The summed E-state index contributed by atoms with van der Waals surface area (Å²) in [5, 5.41) is 9.38. The molecule has 0 saturated carbocycles. The second-order valence-corrected chi connectivity index (χ2v) is 8.45. The highest BCUT2D eigenvalue weighted by Crippen LogP contribution is 2.26. The molecule has 2 aliphatic rings. The molecule has 1 unspecified atom stereocenters. The van der Waals surface area contributed by atoms with Crippen molar-refractivity contribution in [3.05, 3.63) is 22.4 Å². The number of carbonyl (C=O) groups excluding carboxylic acids is 2. The molecule has 2 amide bonds. The Morgan fingerprint density at radius 2 is 1.96 bits per heavy atom. The Labute approximate surface area is 151 Å². The number of thiophene rings is 1. The van der Waals surface area contributed by atoms with Gasteiger partial charge in [-0.25, -0.2) is 0 Å². The zero-order valence-electron chi connectivity index (χ0n) is 13.8. The molecule has 2 N–H and O–H groups in total. The molecule has 0 bridgehead atoms.